The molecular formula is C25H32O4. The molecular weight excluding hydrogens is 364 g/mol. The van der Waals surface area contributed by atoms with Gasteiger partial charge < -0.3 is 4.74 Å². The van der Waals surface area contributed by atoms with Gasteiger partial charge in [-0.1, -0.05) is 31.6 Å². The lowest BCUT2D eigenvalue weighted by Crippen LogP contribution is -2.58. The number of carbonyl (C=O) groups is 3. The minimum absolute atomic E-state index is 0.0292. The van der Waals surface area contributed by atoms with Crippen LogP contribution in [0.15, 0.2) is 34.9 Å². The summed E-state index contributed by atoms with van der Waals surface area (Å²) in [5, 5.41) is 0. The molecule has 2 saturated carbocycles. The standard InChI is InChI=1S/C25H32O4/c1-14-11-18-19(23(5)13-15(2)22(28)12-21(14)23)7-9-24(6)20(18)8-10-25(24,16(3)26)29-17(4)27/h11-13,18-20H,7-10H2,1-6H3/t18-,19+,20+,23-,24+,25+/m1/s1. The van der Waals surface area contributed by atoms with Gasteiger partial charge in [-0.2, -0.15) is 0 Å². The number of carbonyl (C=O) groups excluding carboxylic acids is 3. The fourth-order valence-electron chi connectivity index (χ4n) is 7.41. The molecule has 0 aromatic heterocycles. The number of fused-ring (bicyclic) bond motifs is 5. The van der Waals surface area contributed by atoms with Gasteiger partial charge in [-0.25, -0.2) is 0 Å². The van der Waals surface area contributed by atoms with Gasteiger partial charge in [0, 0.05) is 17.8 Å². The molecule has 4 aliphatic carbocycles. The molecule has 2 fully saturated rings. The average molecular weight is 397 g/mol. The van der Waals surface area contributed by atoms with Crippen molar-refractivity contribution in [1.82, 2.24) is 0 Å². The Balaban J connectivity index is 1.81. The highest BCUT2D eigenvalue weighted by molar-refractivity contribution is 6.06. The summed E-state index contributed by atoms with van der Waals surface area (Å²) in [6, 6.07) is 0. The first kappa shape index (κ1) is 20.3. The summed E-state index contributed by atoms with van der Waals surface area (Å²) in [7, 11) is 0. The zero-order chi connectivity index (χ0) is 21.4. The molecule has 0 spiro atoms. The van der Waals surface area contributed by atoms with Crippen molar-refractivity contribution in [3.63, 3.8) is 0 Å². The Morgan fingerprint density at radius 1 is 1.03 bits per heavy atom. The molecule has 4 rings (SSSR count). The zero-order valence-electron chi connectivity index (χ0n) is 18.4. The van der Waals surface area contributed by atoms with Crippen LogP contribution >= 0.6 is 0 Å². The minimum Gasteiger partial charge on any atom is -0.451 e. The van der Waals surface area contributed by atoms with E-state index in [2.05, 4.69) is 32.9 Å². The van der Waals surface area contributed by atoms with Crippen LogP contribution in [-0.2, 0) is 19.1 Å². The monoisotopic (exact) mass is 396 g/mol. The van der Waals surface area contributed by atoms with Crippen LogP contribution in [0.3, 0.4) is 0 Å². The van der Waals surface area contributed by atoms with Crippen molar-refractivity contribution in [3.05, 3.63) is 34.9 Å². The molecule has 29 heavy (non-hydrogen) atoms. The van der Waals surface area contributed by atoms with Crippen molar-refractivity contribution in [1.29, 1.82) is 0 Å². The van der Waals surface area contributed by atoms with Gasteiger partial charge >= 0.3 is 5.97 Å². The summed E-state index contributed by atoms with van der Waals surface area (Å²) in [6.07, 6.45) is 9.63. The van der Waals surface area contributed by atoms with Crippen molar-refractivity contribution in [3.8, 4) is 0 Å². The summed E-state index contributed by atoms with van der Waals surface area (Å²) in [5.41, 5.74) is 1.61. The van der Waals surface area contributed by atoms with E-state index >= 15 is 0 Å². The third-order valence-corrected chi connectivity index (χ3v) is 8.74. The summed E-state index contributed by atoms with van der Waals surface area (Å²) < 4.78 is 5.83. The van der Waals surface area contributed by atoms with Crippen LogP contribution in [0.1, 0.15) is 67.2 Å². The lowest BCUT2D eigenvalue weighted by Gasteiger charge is -2.57. The first-order chi connectivity index (χ1) is 13.5. The number of allylic oxidation sites excluding steroid dienone is 6. The van der Waals surface area contributed by atoms with Gasteiger partial charge in [0.1, 0.15) is 0 Å². The Labute approximate surface area is 173 Å². The van der Waals surface area contributed by atoms with Gasteiger partial charge in [-0.3, -0.25) is 14.4 Å². The molecule has 0 aliphatic heterocycles. The highest BCUT2D eigenvalue weighted by Crippen LogP contribution is 2.67. The number of ether oxygens (including phenoxy) is 1. The smallest absolute Gasteiger partial charge is 0.303 e. The van der Waals surface area contributed by atoms with Gasteiger partial charge in [0.2, 0.25) is 0 Å². The second kappa shape index (κ2) is 6.26. The van der Waals surface area contributed by atoms with Gasteiger partial charge in [-0.15, -0.1) is 0 Å². The molecule has 0 amide bonds. The van der Waals surface area contributed by atoms with E-state index in [1.165, 1.54) is 12.5 Å². The van der Waals surface area contributed by atoms with Crippen molar-refractivity contribution in [2.24, 2.45) is 28.6 Å². The third kappa shape index (κ3) is 2.53. The molecule has 0 aromatic rings. The number of hydrogen-bond donors (Lipinski definition) is 0. The Hall–Kier alpha value is -1.97. The lowest BCUT2D eigenvalue weighted by atomic mass is 9.47. The van der Waals surface area contributed by atoms with Crippen LogP contribution in [0, 0.1) is 28.6 Å². The number of rotatable bonds is 2. The molecule has 4 heteroatoms. The van der Waals surface area contributed by atoms with Crippen LogP contribution in [0.5, 0.6) is 0 Å². The number of hydrogen-bond acceptors (Lipinski definition) is 4. The predicted molar refractivity (Wildman–Crippen MR) is 111 cm³/mol. The van der Waals surface area contributed by atoms with E-state index in [4.69, 9.17) is 4.74 Å². The summed E-state index contributed by atoms with van der Waals surface area (Å²) in [5.74, 6) is 0.683. The first-order valence-electron chi connectivity index (χ1n) is 10.8. The predicted octanol–water partition coefficient (Wildman–Crippen LogP) is 4.74. The molecule has 156 valence electrons. The van der Waals surface area contributed by atoms with Crippen molar-refractivity contribution >= 4 is 17.5 Å². The topological polar surface area (TPSA) is 60.4 Å². The molecule has 0 N–H and O–H groups in total. The van der Waals surface area contributed by atoms with E-state index in [1.807, 2.05) is 13.0 Å². The van der Waals surface area contributed by atoms with E-state index in [9.17, 15) is 14.4 Å². The second-order valence-corrected chi connectivity index (χ2v) is 10.1. The SMILES string of the molecule is CC(=O)O[C@]1(C(C)=O)CC[C@H]2[C@@H]3C=C(C)C4=CC(=O)C(C)=C[C@]4(C)[C@H]3CC[C@@]21C. The summed E-state index contributed by atoms with van der Waals surface area (Å²) in [6.45, 7) is 11.4. The fourth-order valence-corrected chi connectivity index (χ4v) is 7.41. The highest BCUT2D eigenvalue weighted by Gasteiger charge is 2.67. The average Bonchev–Trinajstić information content (AvgIpc) is 2.91. The third-order valence-electron chi connectivity index (χ3n) is 8.74. The van der Waals surface area contributed by atoms with Crippen LogP contribution in [0.4, 0.5) is 0 Å². The molecule has 0 unspecified atom stereocenters. The summed E-state index contributed by atoms with van der Waals surface area (Å²) in [4.78, 5) is 37.1. The van der Waals surface area contributed by atoms with Crippen LogP contribution in [0.2, 0.25) is 0 Å². The zero-order valence-corrected chi connectivity index (χ0v) is 18.4. The number of esters is 1. The molecule has 0 saturated heterocycles. The Bertz CT molecular complexity index is 906. The number of Topliss-reactive ketones (excluding diaryl/α,β-unsaturated/α-hetero) is 1. The summed E-state index contributed by atoms with van der Waals surface area (Å²) >= 11 is 0. The maximum Gasteiger partial charge on any atom is 0.303 e. The molecule has 0 radical (unpaired) electrons. The minimum atomic E-state index is -1.01. The van der Waals surface area contributed by atoms with Gasteiger partial charge in [-0.05, 0) is 81.4 Å². The van der Waals surface area contributed by atoms with E-state index in [-0.39, 0.29) is 34.3 Å². The van der Waals surface area contributed by atoms with Gasteiger partial charge in [0.15, 0.2) is 17.2 Å². The largest absolute Gasteiger partial charge is 0.451 e. The molecule has 4 nitrogen and oxygen atoms in total. The first-order valence-corrected chi connectivity index (χ1v) is 10.8. The quantitative estimate of drug-likeness (QED) is 0.633. The maximum atomic E-state index is 12.8. The molecule has 0 aromatic carbocycles. The molecule has 4 aliphatic rings. The highest BCUT2D eigenvalue weighted by atomic mass is 16.6. The second-order valence-electron chi connectivity index (χ2n) is 10.1. The molecule has 0 bridgehead atoms. The van der Waals surface area contributed by atoms with Gasteiger partial charge in [0.25, 0.3) is 0 Å². The van der Waals surface area contributed by atoms with Gasteiger partial charge in [0.05, 0.1) is 0 Å². The van der Waals surface area contributed by atoms with Crippen LogP contribution in [-0.4, -0.2) is 23.1 Å². The fraction of sp³-hybridized carbons (Fsp3) is 0.640. The molecule has 6 atom stereocenters. The van der Waals surface area contributed by atoms with E-state index in [0.717, 1.165) is 30.4 Å². The Morgan fingerprint density at radius 3 is 2.31 bits per heavy atom. The Morgan fingerprint density at radius 2 is 1.69 bits per heavy atom. The van der Waals surface area contributed by atoms with Crippen molar-refractivity contribution in [2.45, 2.75) is 72.8 Å². The Kier molecular flexibility index (Phi) is 4.39. The number of ketones is 2. The van der Waals surface area contributed by atoms with E-state index in [1.54, 1.807) is 6.92 Å². The van der Waals surface area contributed by atoms with E-state index in [0.29, 0.717) is 18.3 Å². The van der Waals surface area contributed by atoms with Crippen molar-refractivity contribution < 1.29 is 19.1 Å². The lowest BCUT2D eigenvalue weighted by molar-refractivity contribution is -0.184. The van der Waals surface area contributed by atoms with E-state index < -0.39 is 5.60 Å². The normalized spacial score (nSPS) is 43.3. The van der Waals surface area contributed by atoms with Crippen molar-refractivity contribution in [2.75, 3.05) is 0 Å². The molecule has 0 heterocycles. The maximum absolute atomic E-state index is 12.8. The van der Waals surface area contributed by atoms with Crippen LogP contribution < -0.4 is 0 Å². The van der Waals surface area contributed by atoms with Crippen LogP contribution in [0.25, 0.3) is 0 Å².